The zero-order chi connectivity index (χ0) is 25.7. The lowest BCUT2D eigenvalue weighted by atomic mass is 10.1. The van der Waals surface area contributed by atoms with Crippen molar-refractivity contribution in [3.05, 3.63) is 77.7 Å². The molecule has 36 heavy (non-hydrogen) atoms. The Morgan fingerprint density at radius 2 is 1.78 bits per heavy atom. The number of halogens is 3. The van der Waals surface area contributed by atoms with E-state index in [1.165, 1.54) is 42.7 Å². The van der Waals surface area contributed by atoms with Crippen molar-refractivity contribution in [1.29, 1.82) is 0 Å². The van der Waals surface area contributed by atoms with Crippen LogP contribution in [0.15, 0.2) is 60.9 Å². The Bertz CT molecular complexity index is 1410. The molecule has 184 valence electrons. The molecule has 1 saturated carbocycles. The van der Waals surface area contributed by atoms with E-state index in [0.29, 0.717) is 24.6 Å². The Kier molecular flexibility index (Phi) is 7.35. The van der Waals surface area contributed by atoms with Crippen LogP contribution in [-0.2, 0) is 9.59 Å². The standard InChI is InChI=1S/C18H12ClFN4O3.C7H8FN/c19-14-8-22-15-13(3-6-21-16(15)24-14)27-12-2-1-10(7-11(12)20)23-17(26)18(9-25)4-5-18;1-9-7-4-2-6(8)3-5-7/h1-3,6-9H,4-5H2,(H,23,26);2-5,9H,1H3. The Morgan fingerprint density at radius 3 is 2.42 bits per heavy atom. The molecule has 2 heterocycles. The number of carbonyl (C=O) groups excluding carboxylic acids is 2. The fourth-order valence-electron chi connectivity index (χ4n) is 3.14. The van der Waals surface area contributed by atoms with Gasteiger partial charge in [-0.3, -0.25) is 4.79 Å². The number of nitrogens with one attached hydrogen (secondary N) is 2. The van der Waals surface area contributed by atoms with Crippen LogP contribution < -0.4 is 15.4 Å². The number of pyridine rings is 1. The molecule has 8 nitrogen and oxygen atoms in total. The monoisotopic (exact) mass is 511 g/mol. The summed E-state index contributed by atoms with van der Waals surface area (Å²) in [4.78, 5) is 35.2. The number of nitrogens with zero attached hydrogens (tertiary/aromatic N) is 3. The molecule has 2 aromatic carbocycles. The van der Waals surface area contributed by atoms with E-state index >= 15 is 0 Å². The highest BCUT2D eigenvalue weighted by molar-refractivity contribution is 6.29. The van der Waals surface area contributed by atoms with Crippen LogP contribution in [-0.4, -0.2) is 34.2 Å². The molecule has 0 atom stereocenters. The molecular formula is C25H20ClF2N5O3. The molecule has 4 aromatic rings. The zero-order valence-electron chi connectivity index (χ0n) is 19.0. The quantitative estimate of drug-likeness (QED) is 0.264. The Hall–Kier alpha value is -4.18. The highest BCUT2D eigenvalue weighted by atomic mass is 35.5. The molecule has 2 aromatic heterocycles. The van der Waals surface area contributed by atoms with Crippen molar-refractivity contribution in [2.75, 3.05) is 17.7 Å². The number of hydrogen-bond acceptors (Lipinski definition) is 7. The first-order valence-corrected chi connectivity index (χ1v) is 11.2. The SMILES string of the molecule is CNc1ccc(F)cc1.O=CC1(C(=O)Nc2ccc(Oc3ccnc4nc(Cl)cnc34)c(F)c2)CC1. The number of aldehydes is 1. The summed E-state index contributed by atoms with van der Waals surface area (Å²) in [6.45, 7) is 0. The molecule has 11 heteroatoms. The number of ether oxygens (including phenoxy) is 1. The minimum atomic E-state index is -0.971. The maximum absolute atomic E-state index is 14.4. The number of benzene rings is 2. The molecule has 1 fully saturated rings. The number of carbonyl (C=O) groups is 2. The van der Waals surface area contributed by atoms with Crippen molar-refractivity contribution >= 4 is 46.3 Å². The predicted molar refractivity (Wildman–Crippen MR) is 131 cm³/mol. The van der Waals surface area contributed by atoms with Crippen LogP contribution in [0.2, 0.25) is 5.15 Å². The van der Waals surface area contributed by atoms with Crippen LogP contribution >= 0.6 is 11.6 Å². The van der Waals surface area contributed by atoms with E-state index in [0.717, 1.165) is 11.8 Å². The number of rotatable bonds is 6. The lowest BCUT2D eigenvalue weighted by molar-refractivity contribution is -0.126. The van der Waals surface area contributed by atoms with Crippen molar-refractivity contribution in [1.82, 2.24) is 15.0 Å². The summed E-state index contributed by atoms with van der Waals surface area (Å²) < 4.78 is 32.2. The molecular weight excluding hydrogens is 492 g/mol. The third kappa shape index (κ3) is 5.72. The van der Waals surface area contributed by atoms with Gasteiger partial charge < -0.3 is 20.2 Å². The molecule has 1 amide bonds. The average molecular weight is 512 g/mol. The van der Waals surface area contributed by atoms with Gasteiger partial charge in [-0.25, -0.2) is 23.7 Å². The van der Waals surface area contributed by atoms with Crippen molar-refractivity contribution in [2.45, 2.75) is 12.8 Å². The number of anilines is 2. The van der Waals surface area contributed by atoms with E-state index in [4.69, 9.17) is 16.3 Å². The van der Waals surface area contributed by atoms with Crippen molar-refractivity contribution < 1.29 is 23.1 Å². The molecule has 0 saturated heterocycles. The first-order valence-electron chi connectivity index (χ1n) is 10.8. The first-order chi connectivity index (χ1) is 17.3. The third-order valence-electron chi connectivity index (χ3n) is 5.39. The molecule has 0 bridgehead atoms. The van der Waals surface area contributed by atoms with Gasteiger partial charge in [-0.15, -0.1) is 0 Å². The molecule has 1 aliphatic carbocycles. The van der Waals surface area contributed by atoms with Crippen LogP contribution in [0.5, 0.6) is 11.5 Å². The lowest BCUT2D eigenvalue weighted by Crippen LogP contribution is -2.25. The van der Waals surface area contributed by atoms with Gasteiger partial charge in [-0.05, 0) is 49.2 Å². The Morgan fingerprint density at radius 1 is 1.06 bits per heavy atom. The smallest absolute Gasteiger partial charge is 0.237 e. The van der Waals surface area contributed by atoms with E-state index in [-0.39, 0.29) is 33.8 Å². The fourth-order valence-corrected chi connectivity index (χ4v) is 3.27. The maximum Gasteiger partial charge on any atom is 0.237 e. The van der Waals surface area contributed by atoms with Crippen molar-refractivity contribution in [3.63, 3.8) is 0 Å². The summed E-state index contributed by atoms with van der Waals surface area (Å²) >= 11 is 5.79. The van der Waals surface area contributed by atoms with E-state index < -0.39 is 17.1 Å². The van der Waals surface area contributed by atoms with Crippen LogP contribution in [0.25, 0.3) is 11.2 Å². The second-order valence-corrected chi connectivity index (χ2v) is 8.29. The summed E-state index contributed by atoms with van der Waals surface area (Å²) in [5.41, 5.74) is 0.801. The van der Waals surface area contributed by atoms with Gasteiger partial charge in [-0.2, -0.15) is 0 Å². The molecule has 0 radical (unpaired) electrons. The van der Waals surface area contributed by atoms with Gasteiger partial charge in [0.25, 0.3) is 0 Å². The minimum absolute atomic E-state index is 0.0613. The van der Waals surface area contributed by atoms with Gasteiger partial charge in [0.15, 0.2) is 28.5 Å². The fraction of sp³-hybridized carbons (Fsp3) is 0.160. The summed E-state index contributed by atoms with van der Waals surface area (Å²) in [6.07, 6.45) is 4.44. The Balaban J connectivity index is 0.000000286. The summed E-state index contributed by atoms with van der Waals surface area (Å²) in [6, 6.07) is 11.7. The van der Waals surface area contributed by atoms with E-state index in [2.05, 4.69) is 25.6 Å². The molecule has 0 spiro atoms. The van der Waals surface area contributed by atoms with Gasteiger partial charge >= 0.3 is 0 Å². The molecule has 2 N–H and O–H groups in total. The maximum atomic E-state index is 14.4. The lowest BCUT2D eigenvalue weighted by Gasteiger charge is -2.12. The summed E-state index contributed by atoms with van der Waals surface area (Å²) in [7, 11) is 1.80. The predicted octanol–water partition coefficient (Wildman–Crippen LogP) is 5.39. The van der Waals surface area contributed by atoms with Crippen LogP contribution in [0.4, 0.5) is 20.2 Å². The van der Waals surface area contributed by atoms with Gasteiger partial charge in [0.2, 0.25) is 5.91 Å². The number of amides is 1. The molecule has 0 aliphatic heterocycles. The normalized spacial score (nSPS) is 13.2. The zero-order valence-corrected chi connectivity index (χ0v) is 19.7. The second kappa shape index (κ2) is 10.6. The minimum Gasteiger partial charge on any atom is -0.452 e. The van der Waals surface area contributed by atoms with Crippen LogP contribution in [0, 0.1) is 17.0 Å². The van der Waals surface area contributed by atoms with Gasteiger partial charge in [-0.1, -0.05) is 11.6 Å². The first kappa shape index (κ1) is 24.9. The van der Waals surface area contributed by atoms with E-state index in [1.54, 1.807) is 19.2 Å². The van der Waals surface area contributed by atoms with Gasteiger partial charge in [0.1, 0.15) is 22.7 Å². The molecule has 1 aliphatic rings. The molecule has 5 rings (SSSR count). The summed E-state index contributed by atoms with van der Waals surface area (Å²) in [5, 5.41) is 5.62. The van der Waals surface area contributed by atoms with Crippen LogP contribution in [0.3, 0.4) is 0 Å². The van der Waals surface area contributed by atoms with Gasteiger partial charge in [0, 0.05) is 36.8 Å². The van der Waals surface area contributed by atoms with E-state index in [1.807, 2.05) is 0 Å². The average Bonchev–Trinajstić information content (AvgIpc) is 3.68. The number of fused-ring (bicyclic) bond motifs is 1. The third-order valence-corrected chi connectivity index (χ3v) is 5.57. The number of hydrogen-bond donors (Lipinski definition) is 2. The Labute approximate surface area is 209 Å². The van der Waals surface area contributed by atoms with Crippen molar-refractivity contribution in [2.24, 2.45) is 5.41 Å². The number of aromatic nitrogens is 3. The van der Waals surface area contributed by atoms with Crippen LogP contribution in [0.1, 0.15) is 12.8 Å². The molecule has 0 unspecified atom stereocenters. The largest absolute Gasteiger partial charge is 0.452 e. The summed E-state index contributed by atoms with van der Waals surface area (Å²) in [5.74, 6) is -1.12. The van der Waals surface area contributed by atoms with Gasteiger partial charge in [0.05, 0.1) is 6.20 Å². The van der Waals surface area contributed by atoms with E-state index in [9.17, 15) is 18.4 Å². The topological polar surface area (TPSA) is 106 Å². The highest BCUT2D eigenvalue weighted by Crippen LogP contribution is 2.44. The second-order valence-electron chi connectivity index (χ2n) is 7.91. The highest BCUT2D eigenvalue weighted by Gasteiger charge is 2.50. The van der Waals surface area contributed by atoms with Crippen molar-refractivity contribution in [3.8, 4) is 11.5 Å².